The zero-order valence-electron chi connectivity index (χ0n) is 25.7. The van der Waals surface area contributed by atoms with Crippen LogP contribution in [0.25, 0.3) is 11.3 Å². The van der Waals surface area contributed by atoms with Crippen molar-refractivity contribution in [1.82, 2.24) is 14.3 Å². The number of carbonyl (C=O) groups is 1. The van der Waals surface area contributed by atoms with Crippen molar-refractivity contribution in [1.29, 1.82) is 0 Å². The predicted molar refractivity (Wildman–Crippen MR) is 175 cm³/mol. The Morgan fingerprint density at radius 2 is 1.58 bits per heavy atom. The largest absolute Gasteiger partial charge is 0.416 e. The molecule has 0 saturated carbocycles. The van der Waals surface area contributed by atoms with Gasteiger partial charge in [0.2, 0.25) is 16.0 Å². The number of anilines is 2. The number of alkyl halides is 3. The number of benzene rings is 3. The Bertz CT molecular complexity index is 1900. The highest BCUT2D eigenvalue weighted by atomic mass is 35.5. The van der Waals surface area contributed by atoms with Gasteiger partial charge in [-0.25, -0.2) is 22.8 Å². The van der Waals surface area contributed by atoms with E-state index in [0.717, 1.165) is 12.1 Å². The summed E-state index contributed by atoms with van der Waals surface area (Å²) in [5, 5.41) is 0.273. The van der Waals surface area contributed by atoms with Gasteiger partial charge in [-0.1, -0.05) is 41.9 Å². The lowest BCUT2D eigenvalue weighted by atomic mass is 10.0. The number of rotatable bonds is 9. The molecule has 0 N–H and O–H groups in total. The molecule has 0 amide bonds. The summed E-state index contributed by atoms with van der Waals surface area (Å²) in [6.07, 6.45) is -3.41. The molecule has 0 unspecified atom stereocenters. The SMILES string of the molecule is O=C(CCc1cc(-c2ccc(C(F)(F)F)cc2)nc(N2CCN(c3ccccc3F)CC2)n1)[C@@H]1CCCN1S(=O)(=O)c1cccc(Cl)c1. The van der Waals surface area contributed by atoms with Crippen LogP contribution in [0.15, 0.2) is 83.8 Å². The van der Waals surface area contributed by atoms with Gasteiger partial charge in [-0.15, -0.1) is 0 Å². The van der Waals surface area contributed by atoms with Crippen LogP contribution in [0, 0.1) is 5.82 Å². The summed E-state index contributed by atoms with van der Waals surface area (Å²) in [6, 6.07) is 17.9. The summed E-state index contributed by atoms with van der Waals surface area (Å²) in [7, 11) is -3.96. The second-order valence-corrected chi connectivity index (χ2v) is 14.1. The number of aryl methyl sites for hydroxylation is 1. The van der Waals surface area contributed by atoms with Crippen LogP contribution in [-0.4, -0.2) is 67.2 Å². The fourth-order valence-electron chi connectivity index (χ4n) is 6.12. The van der Waals surface area contributed by atoms with Gasteiger partial charge in [0, 0.05) is 55.4 Å². The van der Waals surface area contributed by atoms with Crippen LogP contribution in [0.3, 0.4) is 0 Å². The number of para-hydroxylation sites is 1. The average Bonchev–Trinajstić information content (AvgIpc) is 3.59. The molecule has 2 aliphatic heterocycles. The minimum absolute atomic E-state index is 0.00377. The summed E-state index contributed by atoms with van der Waals surface area (Å²) in [5.74, 6) is -0.235. The highest BCUT2D eigenvalue weighted by Crippen LogP contribution is 2.32. The first-order chi connectivity index (χ1) is 22.9. The quantitative estimate of drug-likeness (QED) is 0.181. The maximum atomic E-state index is 14.4. The van der Waals surface area contributed by atoms with Crippen LogP contribution in [0.4, 0.5) is 29.2 Å². The number of nitrogens with zero attached hydrogens (tertiary/aromatic N) is 5. The van der Waals surface area contributed by atoms with E-state index in [9.17, 15) is 30.8 Å². The highest BCUT2D eigenvalue weighted by Gasteiger charge is 2.39. The summed E-state index contributed by atoms with van der Waals surface area (Å²) < 4.78 is 82.2. The molecule has 8 nitrogen and oxygen atoms in total. The molecule has 2 aliphatic rings. The molecular formula is C34H32ClF4N5O3S. The van der Waals surface area contributed by atoms with E-state index in [1.807, 2.05) is 9.80 Å². The molecule has 3 heterocycles. The van der Waals surface area contributed by atoms with Crippen molar-refractivity contribution in [2.24, 2.45) is 0 Å². The first-order valence-electron chi connectivity index (χ1n) is 15.5. The zero-order valence-corrected chi connectivity index (χ0v) is 27.3. The molecule has 1 aromatic heterocycles. The number of halogens is 5. The van der Waals surface area contributed by atoms with Gasteiger partial charge < -0.3 is 9.80 Å². The van der Waals surface area contributed by atoms with Crippen molar-refractivity contribution >= 4 is 39.0 Å². The number of piperazine rings is 1. The minimum atomic E-state index is -4.49. The van der Waals surface area contributed by atoms with Gasteiger partial charge in [-0.05, 0) is 67.8 Å². The molecule has 1 atom stereocenters. The van der Waals surface area contributed by atoms with E-state index in [4.69, 9.17) is 16.6 Å². The van der Waals surface area contributed by atoms with Crippen LogP contribution in [0.5, 0.6) is 0 Å². The first kappa shape index (κ1) is 33.8. The lowest BCUT2D eigenvalue weighted by Gasteiger charge is -2.36. The van der Waals surface area contributed by atoms with E-state index < -0.39 is 27.8 Å². The third kappa shape index (κ3) is 7.32. The van der Waals surface area contributed by atoms with E-state index in [-0.39, 0.29) is 40.9 Å². The fourth-order valence-corrected chi connectivity index (χ4v) is 8.10. The van der Waals surface area contributed by atoms with Gasteiger partial charge in [0.05, 0.1) is 27.9 Å². The van der Waals surface area contributed by atoms with Gasteiger partial charge in [0.1, 0.15) is 5.82 Å². The lowest BCUT2D eigenvalue weighted by Crippen LogP contribution is -2.47. The third-order valence-electron chi connectivity index (χ3n) is 8.64. The van der Waals surface area contributed by atoms with Crippen LogP contribution in [0.2, 0.25) is 5.02 Å². The first-order valence-corrected chi connectivity index (χ1v) is 17.3. The second kappa shape index (κ2) is 13.8. The zero-order chi connectivity index (χ0) is 34.1. The number of carbonyl (C=O) groups excluding carboxylic acids is 1. The summed E-state index contributed by atoms with van der Waals surface area (Å²) in [6.45, 7) is 2.10. The Morgan fingerprint density at radius 3 is 2.27 bits per heavy atom. The Labute approximate surface area is 281 Å². The van der Waals surface area contributed by atoms with E-state index >= 15 is 0 Å². The molecule has 4 aromatic rings. The Kier molecular flexibility index (Phi) is 9.73. The summed E-state index contributed by atoms with van der Waals surface area (Å²) in [5.41, 5.74) is 1.03. The van der Waals surface area contributed by atoms with Gasteiger partial charge >= 0.3 is 6.18 Å². The Hall–Kier alpha value is -4.07. The molecule has 2 fully saturated rings. The van der Waals surface area contributed by atoms with Crippen molar-refractivity contribution in [3.8, 4) is 11.3 Å². The molecule has 0 bridgehead atoms. The van der Waals surface area contributed by atoms with Crippen LogP contribution < -0.4 is 9.80 Å². The highest BCUT2D eigenvalue weighted by molar-refractivity contribution is 7.89. The summed E-state index contributed by atoms with van der Waals surface area (Å²) in [4.78, 5) is 26.8. The number of ketones is 1. The van der Waals surface area contributed by atoms with E-state index in [2.05, 4.69) is 4.98 Å². The lowest BCUT2D eigenvalue weighted by molar-refractivity contribution is -0.137. The Morgan fingerprint density at radius 1 is 0.875 bits per heavy atom. The van der Waals surface area contributed by atoms with Gasteiger partial charge in [-0.3, -0.25) is 4.79 Å². The maximum Gasteiger partial charge on any atom is 0.416 e. The number of aromatic nitrogens is 2. The molecule has 0 radical (unpaired) electrons. The van der Waals surface area contributed by atoms with Crippen molar-refractivity contribution < 1.29 is 30.8 Å². The second-order valence-electron chi connectivity index (χ2n) is 11.7. The van der Waals surface area contributed by atoms with Crippen molar-refractivity contribution in [3.05, 3.63) is 101 Å². The standard InChI is InChI=1S/C34H32ClF4N5O3S/c35-25-5-3-6-27(21-25)48(46,47)44-16-4-9-31(44)32(45)15-14-26-22-29(23-10-12-24(13-11-23)34(37,38)39)41-33(40-26)43-19-17-42(18-20-43)30-8-2-1-7-28(30)36/h1-3,5-8,10-13,21-22,31H,4,9,14-20H2/t31-/m0/s1. The number of sulfonamides is 1. The van der Waals surface area contributed by atoms with Gasteiger partial charge in [0.15, 0.2) is 5.78 Å². The molecule has 6 rings (SSSR count). The van der Waals surface area contributed by atoms with Crippen LogP contribution >= 0.6 is 11.6 Å². The van der Waals surface area contributed by atoms with Crippen molar-refractivity contribution in [2.45, 2.75) is 42.8 Å². The number of Topliss-reactive ketones (excluding diaryl/α,β-unsaturated/α-hetero) is 1. The van der Waals surface area contributed by atoms with E-state index in [1.165, 1.54) is 34.6 Å². The van der Waals surface area contributed by atoms with Crippen LogP contribution in [0.1, 0.15) is 30.5 Å². The van der Waals surface area contributed by atoms with Crippen molar-refractivity contribution in [2.75, 3.05) is 42.5 Å². The Balaban J connectivity index is 1.23. The molecule has 3 aromatic carbocycles. The number of hydrogen-bond acceptors (Lipinski definition) is 7. The number of hydrogen-bond donors (Lipinski definition) is 0. The normalized spacial score (nSPS) is 17.6. The maximum absolute atomic E-state index is 14.4. The minimum Gasteiger partial charge on any atom is -0.366 e. The molecule has 252 valence electrons. The van der Waals surface area contributed by atoms with E-state index in [1.54, 1.807) is 36.4 Å². The third-order valence-corrected chi connectivity index (χ3v) is 10.8. The molecule has 0 spiro atoms. The average molecular weight is 702 g/mol. The smallest absolute Gasteiger partial charge is 0.366 e. The van der Waals surface area contributed by atoms with E-state index in [0.29, 0.717) is 67.6 Å². The fraction of sp³-hybridized carbons (Fsp3) is 0.324. The molecular weight excluding hydrogens is 670 g/mol. The predicted octanol–water partition coefficient (Wildman–Crippen LogP) is 6.64. The monoisotopic (exact) mass is 701 g/mol. The summed E-state index contributed by atoms with van der Waals surface area (Å²) >= 11 is 6.04. The van der Waals surface area contributed by atoms with Crippen molar-refractivity contribution in [3.63, 3.8) is 0 Å². The van der Waals surface area contributed by atoms with Gasteiger partial charge in [-0.2, -0.15) is 17.5 Å². The molecule has 2 saturated heterocycles. The molecule has 48 heavy (non-hydrogen) atoms. The van der Waals surface area contributed by atoms with Crippen LogP contribution in [-0.2, 0) is 27.4 Å². The topological polar surface area (TPSA) is 86.7 Å². The molecule has 0 aliphatic carbocycles. The molecule has 14 heteroatoms. The van der Waals surface area contributed by atoms with Gasteiger partial charge in [0.25, 0.3) is 0 Å².